The number of carboxylic acids is 1. The lowest BCUT2D eigenvalue weighted by atomic mass is 10.2. The van der Waals surface area contributed by atoms with Gasteiger partial charge < -0.3 is 14.6 Å². The lowest BCUT2D eigenvalue weighted by Crippen LogP contribution is -2.03. The molecular weight excluding hydrogens is 208 g/mol. The van der Waals surface area contributed by atoms with Gasteiger partial charge in [-0.05, 0) is 19.1 Å². The van der Waals surface area contributed by atoms with Crippen LogP contribution in [0.4, 0.5) is 0 Å². The normalized spacial score (nSPS) is 10.4. The number of benzene rings is 1. The first-order valence-electron chi connectivity index (χ1n) is 4.84. The molecular formula is C12H14O4. The van der Waals surface area contributed by atoms with Crippen molar-refractivity contribution in [3.05, 3.63) is 35.9 Å². The molecule has 0 bridgehead atoms. The number of ether oxygens (including phenoxy) is 2. The Morgan fingerprint density at radius 2 is 2.25 bits per heavy atom. The van der Waals surface area contributed by atoms with Crippen molar-refractivity contribution < 1.29 is 19.4 Å². The van der Waals surface area contributed by atoms with Crippen molar-refractivity contribution in [1.29, 1.82) is 0 Å². The van der Waals surface area contributed by atoms with Crippen molar-refractivity contribution >= 4 is 5.97 Å². The second-order valence-corrected chi connectivity index (χ2v) is 3.05. The van der Waals surface area contributed by atoms with Crippen molar-refractivity contribution in [2.75, 3.05) is 13.7 Å². The monoisotopic (exact) mass is 222 g/mol. The summed E-state index contributed by atoms with van der Waals surface area (Å²) >= 11 is 0. The van der Waals surface area contributed by atoms with Gasteiger partial charge in [-0.1, -0.05) is 12.2 Å². The van der Waals surface area contributed by atoms with Crippen LogP contribution < -0.4 is 9.47 Å². The number of rotatable bonds is 5. The molecule has 0 unspecified atom stereocenters. The number of allylic oxidation sites excluding steroid dienone is 1. The van der Waals surface area contributed by atoms with Crippen LogP contribution in [0, 0.1) is 0 Å². The highest BCUT2D eigenvalue weighted by atomic mass is 16.5. The third kappa shape index (κ3) is 3.02. The Labute approximate surface area is 94.1 Å². The van der Waals surface area contributed by atoms with Crippen LogP contribution in [0.5, 0.6) is 11.5 Å². The molecule has 0 spiro atoms. The number of methoxy groups -OCH3 is 1. The first-order chi connectivity index (χ1) is 7.69. The summed E-state index contributed by atoms with van der Waals surface area (Å²) in [7, 11) is 1.52. The van der Waals surface area contributed by atoms with E-state index in [1.807, 2.05) is 13.0 Å². The number of hydrogen-bond acceptors (Lipinski definition) is 3. The van der Waals surface area contributed by atoms with Gasteiger partial charge in [0.2, 0.25) is 0 Å². The molecule has 0 aliphatic rings. The lowest BCUT2D eigenvalue weighted by Gasteiger charge is -2.08. The summed E-state index contributed by atoms with van der Waals surface area (Å²) in [5.41, 5.74) is 0.130. The molecule has 4 heteroatoms. The van der Waals surface area contributed by atoms with Crippen molar-refractivity contribution in [1.82, 2.24) is 0 Å². The van der Waals surface area contributed by atoms with Gasteiger partial charge in [0.15, 0.2) is 0 Å². The molecule has 0 fully saturated rings. The largest absolute Gasteiger partial charge is 0.497 e. The van der Waals surface area contributed by atoms with Gasteiger partial charge in [-0.25, -0.2) is 4.79 Å². The molecule has 0 radical (unpaired) electrons. The highest BCUT2D eigenvalue weighted by Crippen LogP contribution is 2.24. The van der Waals surface area contributed by atoms with Crippen LogP contribution in [0.3, 0.4) is 0 Å². The van der Waals surface area contributed by atoms with Gasteiger partial charge in [0.1, 0.15) is 23.7 Å². The molecule has 86 valence electrons. The second-order valence-electron chi connectivity index (χ2n) is 3.05. The fraction of sp³-hybridized carbons (Fsp3) is 0.250. The van der Waals surface area contributed by atoms with Gasteiger partial charge in [-0.2, -0.15) is 0 Å². The summed E-state index contributed by atoms with van der Waals surface area (Å²) in [6.45, 7) is 2.21. The topological polar surface area (TPSA) is 55.8 Å². The molecule has 1 rings (SSSR count). The van der Waals surface area contributed by atoms with Gasteiger partial charge in [-0.3, -0.25) is 0 Å². The van der Waals surface area contributed by atoms with Crippen LogP contribution in [0.2, 0.25) is 0 Å². The summed E-state index contributed by atoms with van der Waals surface area (Å²) in [4.78, 5) is 10.9. The molecule has 0 saturated heterocycles. The Balaban J connectivity index is 2.95. The Morgan fingerprint density at radius 3 is 2.81 bits per heavy atom. The molecule has 0 aliphatic heterocycles. The highest BCUT2D eigenvalue weighted by Gasteiger charge is 2.11. The van der Waals surface area contributed by atoms with Crippen molar-refractivity contribution in [2.45, 2.75) is 6.92 Å². The zero-order valence-corrected chi connectivity index (χ0v) is 9.27. The average Bonchev–Trinajstić information content (AvgIpc) is 2.29. The molecule has 1 N–H and O–H groups in total. The fourth-order valence-corrected chi connectivity index (χ4v) is 1.16. The number of carbonyl (C=O) groups is 1. The van der Waals surface area contributed by atoms with Gasteiger partial charge in [0.25, 0.3) is 0 Å². The SMILES string of the molecule is C/C=C/COc1cc(OC)ccc1C(=O)O. The fourth-order valence-electron chi connectivity index (χ4n) is 1.16. The van der Waals surface area contributed by atoms with Crippen LogP contribution in [0.15, 0.2) is 30.4 Å². The standard InChI is InChI=1S/C12H14O4/c1-3-4-7-16-11-8-9(15-2)5-6-10(11)12(13)14/h3-6,8H,7H2,1-2H3,(H,13,14)/b4-3+. The summed E-state index contributed by atoms with van der Waals surface area (Å²) < 4.78 is 10.3. The van der Waals surface area contributed by atoms with E-state index in [1.165, 1.54) is 13.2 Å². The third-order valence-corrected chi connectivity index (χ3v) is 1.99. The second kappa shape index (κ2) is 5.80. The van der Waals surface area contributed by atoms with E-state index in [0.29, 0.717) is 18.1 Å². The zero-order valence-electron chi connectivity index (χ0n) is 9.27. The Bertz CT molecular complexity index is 396. The Morgan fingerprint density at radius 1 is 1.50 bits per heavy atom. The maximum Gasteiger partial charge on any atom is 0.339 e. The number of aromatic carboxylic acids is 1. The zero-order chi connectivity index (χ0) is 12.0. The van der Waals surface area contributed by atoms with E-state index in [0.717, 1.165) is 0 Å². The van der Waals surface area contributed by atoms with Gasteiger partial charge in [-0.15, -0.1) is 0 Å². The molecule has 1 aromatic rings. The minimum atomic E-state index is -1.02. The van der Waals surface area contributed by atoms with Crippen LogP contribution in [0.1, 0.15) is 17.3 Å². The first-order valence-corrected chi connectivity index (χ1v) is 4.84. The van der Waals surface area contributed by atoms with Crippen LogP contribution >= 0.6 is 0 Å². The molecule has 0 saturated carbocycles. The molecule has 0 atom stereocenters. The molecule has 0 amide bonds. The van der Waals surface area contributed by atoms with E-state index in [4.69, 9.17) is 14.6 Å². The predicted molar refractivity (Wildman–Crippen MR) is 60.3 cm³/mol. The van der Waals surface area contributed by atoms with Gasteiger partial charge in [0.05, 0.1) is 7.11 Å². The maximum absolute atomic E-state index is 10.9. The van der Waals surface area contributed by atoms with E-state index in [9.17, 15) is 4.79 Å². The first kappa shape index (κ1) is 12.1. The molecule has 1 aromatic carbocycles. The minimum Gasteiger partial charge on any atom is -0.497 e. The predicted octanol–water partition coefficient (Wildman–Crippen LogP) is 2.35. The van der Waals surface area contributed by atoms with Crippen LogP contribution in [0.25, 0.3) is 0 Å². The van der Waals surface area contributed by atoms with Gasteiger partial charge in [0, 0.05) is 6.07 Å². The molecule has 4 nitrogen and oxygen atoms in total. The van der Waals surface area contributed by atoms with E-state index in [2.05, 4.69) is 0 Å². The van der Waals surface area contributed by atoms with Crippen LogP contribution in [-0.4, -0.2) is 24.8 Å². The van der Waals surface area contributed by atoms with Crippen molar-refractivity contribution in [3.63, 3.8) is 0 Å². The molecule has 0 aliphatic carbocycles. The van der Waals surface area contributed by atoms with E-state index in [-0.39, 0.29) is 5.56 Å². The Hall–Kier alpha value is -1.97. The molecule has 0 heterocycles. The smallest absolute Gasteiger partial charge is 0.339 e. The van der Waals surface area contributed by atoms with Crippen LogP contribution in [-0.2, 0) is 0 Å². The third-order valence-electron chi connectivity index (χ3n) is 1.99. The average molecular weight is 222 g/mol. The van der Waals surface area contributed by atoms with Gasteiger partial charge >= 0.3 is 5.97 Å². The minimum absolute atomic E-state index is 0.130. The quantitative estimate of drug-likeness (QED) is 0.777. The molecule has 16 heavy (non-hydrogen) atoms. The number of hydrogen-bond donors (Lipinski definition) is 1. The summed E-state index contributed by atoms with van der Waals surface area (Å²) in [6, 6.07) is 4.62. The molecule has 0 aromatic heterocycles. The van der Waals surface area contributed by atoms with Crippen molar-refractivity contribution in [2.24, 2.45) is 0 Å². The van der Waals surface area contributed by atoms with E-state index < -0.39 is 5.97 Å². The Kier molecular flexibility index (Phi) is 4.39. The lowest BCUT2D eigenvalue weighted by molar-refractivity contribution is 0.0692. The van der Waals surface area contributed by atoms with E-state index >= 15 is 0 Å². The van der Waals surface area contributed by atoms with E-state index in [1.54, 1.807) is 18.2 Å². The number of carboxylic acid groups (broad SMARTS) is 1. The maximum atomic E-state index is 10.9. The summed E-state index contributed by atoms with van der Waals surface area (Å²) in [5.74, 6) is -0.136. The summed E-state index contributed by atoms with van der Waals surface area (Å²) in [6.07, 6.45) is 3.63. The summed E-state index contributed by atoms with van der Waals surface area (Å²) in [5, 5.41) is 8.95. The highest BCUT2D eigenvalue weighted by molar-refractivity contribution is 5.91. The van der Waals surface area contributed by atoms with Crippen molar-refractivity contribution in [3.8, 4) is 11.5 Å².